The third-order valence-corrected chi connectivity index (χ3v) is 1.47. The normalized spacial score (nSPS) is 6.50. The van der Waals surface area contributed by atoms with Crippen molar-refractivity contribution in [3.63, 3.8) is 0 Å². The fraction of sp³-hybridized carbons (Fsp3) is 0.600. The van der Waals surface area contributed by atoms with Crippen molar-refractivity contribution in [2.75, 3.05) is 0 Å². The molecular formula is C5H11N2S2Y-. The second kappa shape index (κ2) is 7.99. The minimum Gasteiger partial charge on any atom is -0.406 e. The van der Waals surface area contributed by atoms with Crippen LogP contribution in [0.1, 0.15) is 19.9 Å². The largest absolute Gasteiger partial charge is 0.406 e. The topological polar surface area (TPSA) is 25.8 Å². The summed E-state index contributed by atoms with van der Waals surface area (Å²) in [6, 6.07) is 0. The molecule has 1 rings (SSSR count). The van der Waals surface area contributed by atoms with Crippen molar-refractivity contribution < 1.29 is 32.7 Å². The molecule has 0 bridgehead atoms. The van der Waals surface area contributed by atoms with Gasteiger partial charge in [-0.1, -0.05) is 14.9 Å². The number of hydrogen-bond acceptors (Lipinski definition) is 4. The average Bonchev–Trinajstić information content (AvgIpc) is 1.87. The minimum absolute atomic E-state index is 0. The van der Waals surface area contributed by atoms with E-state index in [0.29, 0.717) is 4.34 Å². The Morgan fingerprint density at radius 1 is 1.30 bits per heavy atom. The van der Waals surface area contributed by atoms with Crippen LogP contribution in [0.5, 0.6) is 0 Å². The quantitative estimate of drug-likeness (QED) is 0.661. The summed E-state index contributed by atoms with van der Waals surface area (Å²) >= 11 is 6.11. The molecule has 0 aliphatic heterocycles. The fourth-order valence-electron chi connectivity index (χ4n) is 0.278. The maximum Gasteiger partial charge on any atom is 0.0210 e. The first-order valence-corrected chi connectivity index (χ1v) is 2.98. The van der Waals surface area contributed by atoms with Crippen molar-refractivity contribution in [2.45, 2.75) is 26.1 Å². The number of aromatic nitrogens is 2. The van der Waals surface area contributed by atoms with Crippen LogP contribution >= 0.6 is 11.3 Å². The zero-order valence-corrected chi connectivity index (χ0v) is 8.76. The van der Waals surface area contributed by atoms with E-state index < -0.39 is 0 Å². The van der Waals surface area contributed by atoms with Gasteiger partial charge in [0.05, 0.1) is 0 Å². The molecule has 0 atom stereocenters. The van der Waals surface area contributed by atoms with E-state index in [1.165, 1.54) is 11.3 Å². The first-order chi connectivity index (χ1) is 3.29. The molecule has 0 aliphatic rings. The molecular weight excluding hydrogens is 241 g/mol. The maximum atomic E-state index is 4.68. The van der Waals surface area contributed by atoms with Crippen LogP contribution in [0, 0.1) is 6.92 Å². The first-order valence-electron chi connectivity index (χ1n) is 1.76. The van der Waals surface area contributed by atoms with E-state index >= 15 is 0 Å². The van der Waals surface area contributed by atoms with Gasteiger partial charge in [0.1, 0.15) is 0 Å². The Hall–Kier alpha value is 0.884. The van der Waals surface area contributed by atoms with Crippen LogP contribution < -0.4 is 0 Å². The number of aryl methyl sites for hydroxylation is 1. The fourth-order valence-corrected chi connectivity index (χ4v) is 1.10. The van der Waals surface area contributed by atoms with Crippen molar-refractivity contribution in [1.82, 2.24) is 10.2 Å². The van der Waals surface area contributed by atoms with Gasteiger partial charge in [-0.2, -0.15) is 10.2 Å². The zero-order chi connectivity index (χ0) is 5.28. The Kier molecular flexibility index (Phi) is 13.7. The molecule has 0 aliphatic carbocycles. The summed E-state index contributed by atoms with van der Waals surface area (Å²) in [7, 11) is 0. The molecule has 1 radical (unpaired) electrons. The van der Waals surface area contributed by atoms with Crippen LogP contribution in [0.2, 0.25) is 0 Å². The van der Waals surface area contributed by atoms with Gasteiger partial charge in [-0.15, -0.1) is 0 Å². The summed E-state index contributed by atoms with van der Waals surface area (Å²) in [6.07, 6.45) is 0. The van der Waals surface area contributed by atoms with Gasteiger partial charge in [-0.3, -0.25) is 0 Å². The maximum absolute atomic E-state index is 4.68. The Morgan fingerprint density at radius 2 is 1.80 bits per heavy atom. The standard InChI is InChI=1S/C3H4N2S2.2CH4.Y/c1-2-4-5-3(6)7-2;;;/h1H3,(H,5,6);2*1H4;/p-1. The van der Waals surface area contributed by atoms with E-state index in [1.54, 1.807) is 0 Å². The summed E-state index contributed by atoms with van der Waals surface area (Å²) in [5.74, 6) is 0. The predicted octanol–water partition coefficient (Wildman–Crippen LogP) is 2.02. The Bertz CT molecular complexity index is 150. The van der Waals surface area contributed by atoms with E-state index in [2.05, 4.69) is 22.8 Å². The summed E-state index contributed by atoms with van der Waals surface area (Å²) < 4.78 is 0.623. The molecule has 0 saturated heterocycles. The second-order valence-electron chi connectivity index (χ2n) is 1.09. The van der Waals surface area contributed by atoms with Crippen LogP contribution in [0.25, 0.3) is 0 Å². The van der Waals surface area contributed by atoms with Gasteiger partial charge in [0.2, 0.25) is 0 Å². The van der Waals surface area contributed by atoms with E-state index in [0.717, 1.165) is 5.01 Å². The molecule has 1 aromatic rings. The SMILES string of the molecule is C.C.Cc1nnc([S-])s1.[Y]. The van der Waals surface area contributed by atoms with Crippen molar-refractivity contribution in [3.05, 3.63) is 5.01 Å². The molecule has 0 N–H and O–H groups in total. The Morgan fingerprint density at radius 3 is 1.90 bits per heavy atom. The summed E-state index contributed by atoms with van der Waals surface area (Å²) in [6.45, 7) is 1.88. The second-order valence-corrected chi connectivity index (χ2v) is 2.91. The van der Waals surface area contributed by atoms with Gasteiger partial charge in [0.15, 0.2) is 0 Å². The predicted molar refractivity (Wildman–Crippen MR) is 43.7 cm³/mol. The van der Waals surface area contributed by atoms with Crippen molar-refractivity contribution in [3.8, 4) is 0 Å². The van der Waals surface area contributed by atoms with Crippen LogP contribution in [0.4, 0.5) is 0 Å². The van der Waals surface area contributed by atoms with Gasteiger partial charge < -0.3 is 24.0 Å². The van der Waals surface area contributed by atoms with Crippen molar-refractivity contribution >= 4 is 24.0 Å². The van der Waals surface area contributed by atoms with Crippen LogP contribution in [-0.2, 0) is 45.3 Å². The zero-order valence-electron chi connectivity index (χ0n) is 4.29. The number of rotatable bonds is 0. The molecule has 2 nitrogen and oxygen atoms in total. The third-order valence-electron chi connectivity index (χ3n) is 0.507. The van der Waals surface area contributed by atoms with Crippen molar-refractivity contribution in [2.24, 2.45) is 0 Å². The van der Waals surface area contributed by atoms with Crippen LogP contribution in [-0.4, -0.2) is 10.2 Å². The molecule has 1 heterocycles. The third kappa shape index (κ3) is 5.65. The first kappa shape index (κ1) is 17.1. The molecule has 5 heteroatoms. The molecule has 0 fully saturated rings. The summed E-state index contributed by atoms with van der Waals surface area (Å²) in [5, 5.41) is 8.22. The minimum atomic E-state index is 0. The molecule has 57 valence electrons. The van der Waals surface area contributed by atoms with Crippen molar-refractivity contribution in [1.29, 1.82) is 0 Å². The van der Waals surface area contributed by atoms with Gasteiger partial charge in [-0.05, 0) is 11.3 Å². The molecule has 0 unspecified atom stereocenters. The Balaban J connectivity index is -0.000000163. The van der Waals surface area contributed by atoms with Gasteiger partial charge >= 0.3 is 0 Å². The molecule has 1 aromatic heterocycles. The number of nitrogens with zero attached hydrogens (tertiary/aromatic N) is 2. The molecule has 0 amide bonds. The van der Waals surface area contributed by atoms with Gasteiger partial charge in [0.25, 0.3) is 0 Å². The monoisotopic (exact) mass is 252 g/mol. The van der Waals surface area contributed by atoms with E-state index in [1.807, 2.05) is 6.92 Å². The van der Waals surface area contributed by atoms with Gasteiger partial charge in [-0.25, -0.2) is 0 Å². The van der Waals surface area contributed by atoms with Crippen LogP contribution in [0.3, 0.4) is 0 Å². The van der Waals surface area contributed by atoms with Crippen LogP contribution in [0.15, 0.2) is 4.34 Å². The summed E-state index contributed by atoms with van der Waals surface area (Å²) in [5.41, 5.74) is 0. The molecule has 0 spiro atoms. The van der Waals surface area contributed by atoms with E-state index in [-0.39, 0.29) is 47.6 Å². The van der Waals surface area contributed by atoms with E-state index in [4.69, 9.17) is 0 Å². The van der Waals surface area contributed by atoms with E-state index in [9.17, 15) is 0 Å². The smallest absolute Gasteiger partial charge is 0.0210 e. The number of hydrogen-bond donors (Lipinski definition) is 0. The summed E-state index contributed by atoms with van der Waals surface area (Å²) in [4.78, 5) is 0. The molecule has 0 saturated carbocycles. The average molecular weight is 252 g/mol. The Labute approximate surface area is 97.1 Å². The molecule has 0 aromatic carbocycles. The molecule has 10 heavy (non-hydrogen) atoms. The van der Waals surface area contributed by atoms with Gasteiger partial charge in [0, 0.05) is 37.7 Å².